The van der Waals surface area contributed by atoms with Crippen LogP contribution in [0.25, 0.3) is 11.5 Å². The summed E-state index contributed by atoms with van der Waals surface area (Å²) in [6.07, 6.45) is 3.49. The molecule has 0 aromatic carbocycles. The third kappa shape index (κ3) is 2.02. The molecule has 128 valence electrons. The molecule has 4 rings (SSSR count). The van der Waals surface area contributed by atoms with Crippen molar-refractivity contribution in [2.45, 2.75) is 32.1 Å². The molecule has 8 nitrogen and oxygen atoms in total. The van der Waals surface area contributed by atoms with Crippen LogP contribution in [0.1, 0.15) is 31.5 Å². The van der Waals surface area contributed by atoms with Crippen LogP contribution in [0.2, 0.25) is 0 Å². The summed E-state index contributed by atoms with van der Waals surface area (Å²) in [7, 11) is 3.60. The zero-order valence-corrected chi connectivity index (χ0v) is 14.7. The van der Waals surface area contributed by atoms with Gasteiger partial charge in [-0.2, -0.15) is 15.2 Å². The molecule has 0 spiro atoms. The molecule has 2 aliphatic rings. The molecule has 8 heteroatoms. The van der Waals surface area contributed by atoms with Crippen molar-refractivity contribution < 1.29 is 4.79 Å². The van der Waals surface area contributed by atoms with Gasteiger partial charge >= 0.3 is 0 Å². The van der Waals surface area contributed by atoms with E-state index in [0.29, 0.717) is 5.82 Å². The maximum absolute atomic E-state index is 12.4. The molecule has 2 aliphatic carbocycles. The Morgan fingerprint density at radius 1 is 1.36 bits per heavy atom. The fourth-order valence-electron chi connectivity index (χ4n) is 4.50. The van der Waals surface area contributed by atoms with Gasteiger partial charge in [-0.15, -0.1) is 10.2 Å². The molecule has 2 aromatic rings. The summed E-state index contributed by atoms with van der Waals surface area (Å²) in [5.41, 5.74) is 2.66. The molecule has 0 radical (unpaired) electrons. The van der Waals surface area contributed by atoms with Gasteiger partial charge in [0.05, 0.1) is 18.3 Å². The number of aromatic nitrogens is 6. The highest BCUT2D eigenvalue weighted by atomic mass is 16.1. The van der Waals surface area contributed by atoms with E-state index in [-0.39, 0.29) is 23.2 Å². The first-order valence-electron chi connectivity index (χ1n) is 8.34. The number of Topliss-reactive ketones (excluding diaryl/α,β-unsaturated/α-hetero) is 1. The van der Waals surface area contributed by atoms with Crippen molar-refractivity contribution in [2.75, 3.05) is 0 Å². The van der Waals surface area contributed by atoms with E-state index in [1.165, 1.54) is 4.80 Å². The van der Waals surface area contributed by atoms with Crippen molar-refractivity contribution in [3.8, 4) is 17.6 Å². The van der Waals surface area contributed by atoms with E-state index >= 15 is 0 Å². The van der Waals surface area contributed by atoms with Crippen LogP contribution in [0.15, 0.2) is 11.6 Å². The molecule has 25 heavy (non-hydrogen) atoms. The highest BCUT2D eigenvalue weighted by Gasteiger charge is 2.50. The first kappa shape index (κ1) is 15.7. The summed E-state index contributed by atoms with van der Waals surface area (Å²) in [5.74, 6) is 0.449. The number of hydrogen-bond acceptors (Lipinski definition) is 6. The van der Waals surface area contributed by atoms with Gasteiger partial charge in [-0.05, 0) is 24.0 Å². The minimum atomic E-state index is -0.440. The van der Waals surface area contributed by atoms with Crippen molar-refractivity contribution in [1.82, 2.24) is 30.0 Å². The van der Waals surface area contributed by atoms with E-state index < -0.39 is 5.41 Å². The van der Waals surface area contributed by atoms with Crippen LogP contribution >= 0.6 is 0 Å². The minimum absolute atomic E-state index is 0.0554. The summed E-state index contributed by atoms with van der Waals surface area (Å²) >= 11 is 0. The Balaban J connectivity index is 1.94. The quantitative estimate of drug-likeness (QED) is 0.772. The zero-order chi connectivity index (χ0) is 17.9. The lowest BCUT2D eigenvalue weighted by Crippen LogP contribution is -2.45. The predicted molar refractivity (Wildman–Crippen MR) is 88.0 cm³/mol. The number of carbonyl (C=O) groups excluding carboxylic acids is 1. The maximum atomic E-state index is 12.4. The first-order chi connectivity index (χ1) is 11.9. The summed E-state index contributed by atoms with van der Waals surface area (Å²) in [4.78, 5) is 13.8. The van der Waals surface area contributed by atoms with Crippen LogP contribution in [0.4, 0.5) is 0 Å². The third-order valence-electron chi connectivity index (χ3n) is 5.70. The van der Waals surface area contributed by atoms with Gasteiger partial charge in [-0.25, -0.2) is 0 Å². The monoisotopic (exact) mass is 337 g/mol. The summed E-state index contributed by atoms with van der Waals surface area (Å²) < 4.78 is 1.79. The number of rotatable bonds is 1. The summed E-state index contributed by atoms with van der Waals surface area (Å²) in [6.45, 7) is 4.01. The molecule has 0 bridgehead atoms. The van der Waals surface area contributed by atoms with Crippen molar-refractivity contribution in [3.05, 3.63) is 22.9 Å². The van der Waals surface area contributed by atoms with Gasteiger partial charge in [0.25, 0.3) is 0 Å². The number of nitrogens with zero attached hydrogens (tertiary/aromatic N) is 7. The lowest BCUT2D eigenvalue weighted by Gasteiger charge is -2.44. The zero-order valence-electron chi connectivity index (χ0n) is 14.7. The van der Waals surface area contributed by atoms with Crippen molar-refractivity contribution >= 4 is 5.78 Å². The van der Waals surface area contributed by atoms with E-state index in [2.05, 4.69) is 28.4 Å². The number of fused-ring (bicyclic) bond motifs is 3. The summed E-state index contributed by atoms with van der Waals surface area (Å²) in [6, 6.07) is 2.07. The Morgan fingerprint density at radius 3 is 2.76 bits per heavy atom. The van der Waals surface area contributed by atoms with E-state index in [1.54, 1.807) is 11.7 Å². The van der Waals surface area contributed by atoms with E-state index in [9.17, 15) is 10.1 Å². The van der Waals surface area contributed by atoms with Crippen LogP contribution in [-0.4, -0.2) is 35.8 Å². The Hall–Kier alpha value is -2.82. The third-order valence-corrected chi connectivity index (χ3v) is 5.70. The average Bonchev–Trinajstić information content (AvgIpc) is 3.14. The maximum Gasteiger partial charge on any atom is 0.223 e. The molecule has 2 aromatic heterocycles. The van der Waals surface area contributed by atoms with Crippen LogP contribution in [0.3, 0.4) is 0 Å². The van der Waals surface area contributed by atoms with Crippen molar-refractivity contribution in [1.29, 1.82) is 5.26 Å². The highest BCUT2D eigenvalue weighted by molar-refractivity contribution is 6.02. The van der Waals surface area contributed by atoms with Crippen LogP contribution in [-0.2, 0) is 30.7 Å². The molecule has 0 unspecified atom stereocenters. The van der Waals surface area contributed by atoms with Gasteiger partial charge in [-0.3, -0.25) is 9.48 Å². The van der Waals surface area contributed by atoms with Crippen molar-refractivity contribution in [3.63, 3.8) is 0 Å². The lowest BCUT2D eigenvalue weighted by atomic mass is 9.58. The predicted octanol–water partition coefficient (Wildman–Crippen LogP) is 1.10. The average molecular weight is 337 g/mol. The number of aryl methyl sites for hydroxylation is 2. The standard InChI is InChI=1S/C17H19N7O/c1-9-12-6-5-11-13(16-19-22-24(4)21-16)23(3)20-15(11)17(12,2)7-10(8-18)14(9)25/h7,9,12H,5-6H2,1-4H3/t9-,12-,17-/m0/s1. The van der Waals surface area contributed by atoms with Crippen molar-refractivity contribution in [2.24, 2.45) is 25.9 Å². The second-order valence-corrected chi connectivity index (χ2v) is 7.15. The Kier molecular flexibility index (Phi) is 3.19. The number of tetrazole rings is 1. The second kappa shape index (κ2) is 5.09. The normalized spacial score (nSPS) is 28.1. The van der Waals surface area contributed by atoms with Gasteiger partial charge in [0.2, 0.25) is 5.82 Å². The number of carbonyl (C=O) groups is 1. The minimum Gasteiger partial charge on any atom is -0.293 e. The molecule has 0 amide bonds. The molecule has 2 heterocycles. The molecular formula is C17H19N7O. The summed E-state index contributed by atoms with van der Waals surface area (Å²) in [5, 5.41) is 26.5. The molecule has 0 aliphatic heterocycles. The fraction of sp³-hybridized carbons (Fsp3) is 0.529. The van der Waals surface area contributed by atoms with Crippen LogP contribution in [0.5, 0.6) is 0 Å². The molecule has 0 saturated carbocycles. The SMILES string of the molecule is C[C@@H]1C(=O)C(C#N)=C[C@]2(C)c3nn(C)c(-c4nnn(C)n4)c3CC[C@@H]12. The van der Waals surface area contributed by atoms with E-state index in [1.807, 2.05) is 20.0 Å². The molecular weight excluding hydrogens is 318 g/mol. The van der Waals surface area contributed by atoms with Gasteiger partial charge in [0.1, 0.15) is 11.8 Å². The topological polar surface area (TPSA) is 102 Å². The van der Waals surface area contributed by atoms with Gasteiger partial charge in [-0.1, -0.05) is 19.9 Å². The smallest absolute Gasteiger partial charge is 0.223 e. The Morgan fingerprint density at radius 2 is 2.12 bits per heavy atom. The first-order valence-corrected chi connectivity index (χ1v) is 8.34. The number of allylic oxidation sites excluding steroid dienone is 2. The molecule has 3 atom stereocenters. The Labute approximate surface area is 145 Å². The molecule has 0 saturated heterocycles. The highest BCUT2D eigenvalue weighted by Crippen LogP contribution is 2.50. The lowest BCUT2D eigenvalue weighted by molar-refractivity contribution is -0.121. The molecule has 0 fully saturated rings. The Bertz CT molecular complexity index is 960. The van der Waals surface area contributed by atoms with Crippen LogP contribution < -0.4 is 0 Å². The van der Waals surface area contributed by atoms with E-state index in [0.717, 1.165) is 29.8 Å². The van der Waals surface area contributed by atoms with Gasteiger partial charge < -0.3 is 0 Å². The fourth-order valence-corrected chi connectivity index (χ4v) is 4.50. The number of ketones is 1. The number of nitriles is 1. The van der Waals surface area contributed by atoms with Gasteiger partial charge in [0, 0.05) is 23.9 Å². The second-order valence-electron chi connectivity index (χ2n) is 7.15. The van der Waals surface area contributed by atoms with Crippen LogP contribution in [0, 0.1) is 23.2 Å². The van der Waals surface area contributed by atoms with Gasteiger partial charge in [0.15, 0.2) is 5.78 Å². The van der Waals surface area contributed by atoms with E-state index in [4.69, 9.17) is 5.10 Å². The number of hydrogen-bond donors (Lipinski definition) is 0. The molecule has 0 N–H and O–H groups in total. The largest absolute Gasteiger partial charge is 0.293 e.